The molecule has 12 heavy (non-hydrogen) atoms. The molecule has 1 heterocycles. The van der Waals surface area contributed by atoms with Gasteiger partial charge in [0.25, 0.3) is 0 Å². The molecule has 68 valence electrons. The first kappa shape index (κ1) is 9.06. The molecule has 1 aromatic heterocycles. The largest absolute Gasteiger partial charge is 0.383 e. The molecule has 0 amide bonds. The molecule has 0 aromatic carbocycles. The fourth-order valence-corrected chi connectivity index (χ4v) is 1.05. The lowest BCUT2D eigenvalue weighted by Gasteiger charge is -1.98. The minimum absolute atomic E-state index is 0.0366. The highest BCUT2D eigenvalue weighted by Crippen LogP contribution is 1.85. The van der Waals surface area contributed by atoms with Crippen LogP contribution in [-0.2, 0) is 17.8 Å². The number of nitrogens with zero attached hydrogens (tertiary/aromatic N) is 2. The predicted octanol–water partition coefficient (Wildman–Crippen LogP) is 0.316. The van der Waals surface area contributed by atoms with E-state index < -0.39 is 0 Å². The van der Waals surface area contributed by atoms with Gasteiger partial charge in [0.2, 0.25) is 0 Å². The Morgan fingerprint density at radius 1 is 1.42 bits per heavy atom. The molecule has 0 saturated heterocycles. The Kier molecular flexibility index (Phi) is 3.10. The minimum Gasteiger partial charge on any atom is -0.383 e. The molecule has 0 aliphatic heterocycles. The fourth-order valence-electron chi connectivity index (χ4n) is 1.05. The van der Waals surface area contributed by atoms with Crippen LogP contribution in [0.25, 0.3) is 0 Å². The molecule has 0 saturated carbocycles. The second-order valence-corrected chi connectivity index (χ2v) is 2.55. The first-order valence-electron chi connectivity index (χ1n) is 4.04. The molecule has 0 unspecified atom stereocenters. The summed E-state index contributed by atoms with van der Waals surface area (Å²) in [5.41, 5.74) is 0.0366. The first-order chi connectivity index (χ1) is 5.79. The van der Waals surface area contributed by atoms with E-state index in [-0.39, 0.29) is 5.69 Å². The van der Waals surface area contributed by atoms with E-state index in [1.54, 1.807) is 28.6 Å². The van der Waals surface area contributed by atoms with Gasteiger partial charge in [-0.3, -0.25) is 9.13 Å². The summed E-state index contributed by atoms with van der Waals surface area (Å²) in [6.07, 6.45) is 3.57. The Hall–Kier alpha value is -1.03. The van der Waals surface area contributed by atoms with Crippen molar-refractivity contribution in [1.82, 2.24) is 9.13 Å². The van der Waals surface area contributed by atoms with Crippen molar-refractivity contribution in [2.75, 3.05) is 13.7 Å². The summed E-state index contributed by atoms with van der Waals surface area (Å²) >= 11 is 0. The van der Waals surface area contributed by atoms with Gasteiger partial charge in [0.15, 0.2) is 0 Å². The highest BCUT2D eigenvalue weighted by atomic mass is 16.5. The topological polar surface area (TPSA) is 36.2 Å². The Morgan fingerprint density at radius 3 is 2.58 bits per heavy atom. The zero-order valence-corrected chi connectivity index (χ0v) is 7.49. The SMILES string of the molecule is CCn1ccn(CCOC)c1=O. The lowest BCUT2D eigenvalue weighted by molar-refractivity contribution is 0.186. The van der Waals surface area contributed by atoms with E-state index >= 15 is 0 Å². The molecule has 0 bridgehead atoms. The third-order valence-electron chi connectivity index (χ3n) is 1.79. The van der Waals surface area contributed by atoms with E-state index in [2.05, 4.69) is 0 Å². The molecule has 4 nitrogen and oxygen atoms in total. The molecular formula is C8H14N2O2. The van der Waals surface area contributed by atoms with Crippen LogP contribution in [0.3, 0.4) is 0 Å². The number of ether oxygens (including phenoxy) is 1. The third-order valence-corrected chi connectivity index (χ3v) is 1.79. The quantitative estimate of drug-likeness (QED) is 0.652. The van der Waals surface area contributed by atoms with Gasteiger partial charge in [0.1, 0.15) is 0 Å². The van der Waals surface area contributed by atoms with Crippen molar-refractivity contribution in [3.63, 3.8) is 0 Å². The zero-order valence-electron chi connectivity index (χ0n) is 7.49. The van der Waals surface area contributed by atoms with Crippen LogP contribution >= 0.6 is 0 Å². The maximum atomic E-state index is 11.4. The molecule has 1 aromatic rings. The van der Waals surface area contributed by atoms with Crippen LogP contribution in [0.5, 0.6) is 0 Å². The van der Waals surface area contributed by atoms with Gasteiger partial charge in [-0.2, -0.15) is 0 Å². The summed E-state index contributed by atoms with van der Waals surface area (Å²) in [6.45, 7) is 3.87. The van der Waals surface area contributed by atoms with Crippen molar-refractivity contribution in [2.45, 2.75) is 20.0 Å². The minimum atomic E-state index is 0.0366. The molecule has 0 atom stereocenters. The summed E-state index contributed by atoms with van der Waals surface area (Å²) in [5, 5.41) is 0. The monoisotopic (exact) mass is 170 g/mol. The van der Waals surface area contributed by atoms with Gasteiger partial charge in [-0.05, 0) is 6.92 Å². The average molecular weight is 170 g/mol. The van der Waals surface area contributed by atoms with Crippen LogP contribution in [0.1, 0.15) is 6.92 Å². The smallest absolute Gasteiger partial charge is 0.328 e. The van der Waals surface area contributed by atoms with E-state index in [0.717, 1.165) is 6.54 Å². The van der Waals surface area contributed by atoms with E-state index in [1.165, 1.54) is 0 Å². The number of hydrogen-bond donors (Lipinski definition) is 0. The molecule has 0 aliphatic rings. The zero-order chi connectivity index (χ0) is 8.97. The van der Waals surface area contributed by atoms with Crippen LogP contribution in [0.2, 0.25) is 0 Å². The van der Waals surface area contributed by atoms with Crippen molar-refractivity contribution in [3.8, 4) is 0 Å². The Bertz CT molecular complexity index is 287. The van der Waals surface area contributed by atoms with Crippen LogP contribution in [0.4, 0.5) is 0 Å². The first-order valence-corrected chi connectivity index (χ1v) is 4.04. The van der Waals surface area contributed by atoms with Gasteiger partial charge < -0.3 is 4.74 Å². The average Bonchev–Trinajstić information content (AvgIpc) is 2.43. The van der Waals surface area contributed by atoms with Gasteiger partial charge in [0, 0.05) is 26.0 Å². The molecule has 0 fully saturated rings. The normalized spacial score (nSPS) is 10.5. The van der Waals surface area contributed by atoms with Gasteiger partial charge >= 0.3 is 5.69 Å². The van der Waals surface area contributed by atoms with Crippen molar-refractivity contribution >= 4 is 0 Å². The van der Waals surface area contributed by atoms with Gasteiger partial charge in [-0.1, -0.05) is 0 Å². The summed E-state index contributed by atoms with van der Waals surface area (Å²) in [4.78, 5) is 11.4. The number of imidazole rings is 1. The Morgan fingerprint density at radius 2 is 2.08 bits per heavy atom. The van der Waals surface area contributed by atoms with E-state index in [1.807, 2.05) is 6.92 Å². The number of hydrogen-bond acceptors (Lipinski definition) is 2. The predicted molar refractivity (Wildman–Crippen MR) is 46.2 cm³/mol. The molecule has 4 heteroatoms. The highest BCUT2D eigenvalue weighted by Gasteiger charge is 1.99. The van der Waals surface area contributed by atoms with Crippen molar-refractivity contribution < 1.29 is 4.74 Å². The summed E-state index contributed by atoms with van der Waals surface area (Å²) in [5.74, 6) is 0. The van der Waals surface area contributed by atoms with Crippen LogP contribution in [0.15, 0.2) is 17.2 Å². The highest BCUT2D eigenvalue weighted by molar-refractivity contribution is 4.80. The molecular weight excluding hydrogens is 156 g/mol. The fraction of sp³-hybridized carbons (Fsp3) is 0.625. The second kappa shape index (κ2) is 4.11. The maximum absolute atomic E-state index is 11.4. The van der Waals surface area contributed by atoms with Crippen molar-refractivity contribution in [2.24, 2.45) is 0 Å². The molecule has 1 rings (SSSR count). The second-order valence-electron chi connectivity index (χ2n) is 2.55. The van der Waals surface area contributed by atoms with E-state index in [0.29, 0.717) is 13.2 Å². The number of aromatic nitrogens is 2. The summed E-state index contributed by atoms with van der Waals surface area (Å²) < 4.78 is 8.18. The Labute approximate surface area is 71.4 Å². The van der Waals surface area contributed by atoms with Crippen LogP contribution < -0.4 is 5.69 Å². The third kappa shape index (κ3) is 1.76. The molecule has 0 radical (unpaired) electrons. The number of rotatable bonds is 4. The molecule has 0 spiro atoms. The van der Waals surface area contributed by atoms with Crippen molar-refractivity contribution in [3.05, 3.63) is 22.9 Å². The van der Waals surface area contributed by atoms with Gasteiger partial charge in [-0.25, -0.2) is 4.79 Å². The summed E-state index contributed by atoms with van der Waals surface area (Å²) in [6, 6.07) is 0. The van der Waals surface area contributed by atoms with Crippen LogP contribution in [0, 0.1) is 0 Å². The summed E-state index contributed by atoms with van der Waals surface area (Å²) in [7, 11) is 1.63. The Balaban J connectivity index is 2.73. The number of aryl methyl sites for hydroxylation is 1. The standard InChI is InChI=1S/C8H14N2O2/c1-3-9-4-5-10(8(9)11)6-7-12-2/h4-5H,3,6-7H2,1-2H3. The van der Waals surface area contributed by atoms with Crippen LogP contribution in [-0.4, -0.2) is 22.9 Å². The van der Waals surface area contributed by atoms with E-state index in [9.17, 15) is 4.79 Å². The van der Waals surface area contributed by atoms with Gasteiger partial charge in [-0.15, -0.1) is 0 Å². The van der Waals surface area contributed by atoms with Crippen molar-refractivity contribution in [1.29, 1.82) is 0 Å². The molecule has 0 aliphatic carbocycles. The van der Waals surface area contributed by atoms with E-state index in [4.69, 9.17) is 4.74 Å². The number of methoxy groups -OCH3 is 1. The lowest BCUT2D eigenvalue weighted by atomic mass is 10.7. The van der Waals surface area contributed by atoms with Gasteiger partial charge in [0.05, 0.1) is 13.2 Å². The lowest BCUT2D eigenvalue weighted by Crippen LogP contribution is -2.24. The maximum Gasteiger partial charge on any atom is 0.328 e. The molecule has 0 N–H and O–H groups in total.